The number of nitrogens with one attached hydrogen (secondary N) is 1. The average Bonchev–Trinajstić information content (AvgIpc) is 2.16. The Bertz CT molecular complexity index is 432. The molecule has 0 amide bonds. The van der Waals surface area contributed by atoms with E-state index in [1.165, 1.54) is 7.05 Å². The predicted molar refractivity (Wildman–Crippen MR) is 51.5 cm³/mol. The van der Waals surface area contributed by atoms with Crippen LogP contribution in [-0.2, 0) is 0 Å². The molecule has 15 heavy (non-hydrogen) atoms. The average molecular weight is 213 g/mol. The van der Waals surface area contributed by atoms with E-state index in [9.17, 15) is 20.2 Å². The van der Waals surface area contributed by atoms with Crippen molar-refractivity contribution < 1.29 is 9.85 Å². The lowest BCUT2D eigenvalue weighted by Crippen LogP contribution is -2.05. The molecule has 0 aliphatic heterocycles. The van der Waals surface area contributed by atoms with Gasteiger partial charge in [-0.1, -0.05) is 0 Å². The van der Waals surface area contributed by atoms with Gasteiger partial charge in [-0.25, -0.2) is 4.98 Å². The van der Waals surface area contributed by atoms with Gasteiger partial charge >= 0.3 is 11.4 Å². The number of pyridine rings is 1. The van der Waals surface area contributed by atoms with Crippen LogP contribution < -0.4 is 11.1 Å². The van der Waals surface area contributed by atoms with Crippen molar-refractivity contribution in [3.63, 3.8) is 0 Å². The summed E-state index contributed by atoms with van der Waals surface area (Å²) in [7, 11) is 1.40. The highest BCUT2D eigenvalue weighted by molar-refractivity contribution is 5.67. The number of rotatable bonds is 3. The van der Waals surface area contributed by atoms with Gasteiger partial charge in [-0.3, -0.25) is 20.2 Å². The van der Waals surface area contributed by atoms with Crippen molar-refractivity contribution in [2.24, 2.45) is 0 Å². The summed E-state index contributed by atoms with van der Waals surface area (Å²) >= 11 is 0. The zero-order valence-corrected chi connectivity index (χ0v) is 7.63. The Morgan fingerprint density at radius 3 is 2.27 bits per heavy atom. The molecule has 0 saturated carbocycles. The van der Waals surface area contributed by atoms with Crippen molar-refractivity contribution in [1.29, 1.82) is 0 Å². The third kappa shape index (κ3) is 1.90. The molecule has 0 unspecified atom stereocenters. The van der Waals surface area contributed by atoms with Crippen LogP contribution in [0.5, 0.6) is 0 Å². The number of nitrogens with two attached hydrogens (primary N) is 1. The maximum atomic E-state index is 10.5. The van der Waals surface area contributed by atoms with Crippen LogP contribution in [0.1, 0.15) is 0 Å². The largest absolute Gasteiger partial charge is 0.378 e. The number of hydrogen-bond acceptors (Lipinski definition) is 7. The molecule has 0 aromatic carbocycles. The van der Waals surface area contributed by atoms with Crippen molar-refractivity contribution in [3.05, 3.63) is 26.3 Å². The van der Waals surface area contributed by atoms with Gasteiger partial charge in [-0.05, 0) is 0 Å². The first kappa shape index (κ1) is 10.6. The molecule has 0 atom stereocenters. The summed E-state index contributed by atoms with van der Waals surface area (Å²) in [6.07, 6.45) is 0. The third-order valence-electron chi connectivity index (χ3n) is 1.64. The number of hydrogen-bond donors (Lipinski definition) is 2. The van der Waals surface area contributed by atoms with Crippen LogP contribution in [-0.4, -0.2) is 21.9 Å². The molecule has 1 rings (SSSR count). The van der Waals surface area contributed by atoms with E-state index in [2.05, 4.69) is 10.3 Å². The monoisotopic (exact) mass is 213 g/mol. The molecule has 0 aliphatic rings. The van der Waals surface area contributed by atoms with E-state index < -0.39 is 21.2 Å². The quantitative estimate of drug-likeness (QED) is 0.551. The fourth-order valence-electron chi connectivity index (χ4n) is 0.976. The molecule has 9 nitrogen and oxygen atoms in total. The summed E-state index contributed by atoms with van der Waals surface area (Å²) in [4.78, 5) is 22.9. The van der Waals surface area contributed by atoms with Crippen LogP contribution in [0, 0.1) is 20.2 Å². The zero-order chi connectivity index (χ0) is 11.6. The standard InChI is InChI=1S/C6H7N5O4/c1-8-6-4(11(14)15)2-3(10(12)13)5(7)9-6/h2H,1H3,(H3,7,8,9). The van der Waals surface area contributed by atoms with Gasteiger partial charge in [0.05, 0.1) is 9.85 Å². The fraction of sp³-hybridized carbons (Fsp3) is 0.167. The number of nitrogen functional groups attached to an aromatic ring is 1. The highest BCUT2D eigenvalue weighted by Crippen LogP contribution is 2.30. The van der Waals surface area contributed by atoms with Gasteiger partial charge < -0.3 is 11.1 Å². The molecule has 1 heterocycles. The Morgan fingerprint density at radius 1 is 1.33 bits per heavy atom. The normalized spacial score (nSPS) is 9.67. The van der Waals surface area contributed by atoms with Gasteiger partial charge in [0, 0.05) is 7.05 Å². The van der Waals surface area contributed by atoms with Gasteiger partial charge in [-0.2, -0.15) is 0 Å². The first-order chi connectivity index (χ1) is 6.97. The Hall–Kier alpha value is -2.45. The van der Waals surface area contributed by atoms with Crippen LogP contribution >= 0.6 is 0 Å². The molecule has 80 valence electrons. The Balaban J connectivity index is 3.43. The summed E-state index contributed by atoms with van der Waals surface area (Å²) in [5, 5.41) is 23.4. The second-order valence-electron chi connectivity index (χ2n) is 2.52. The summed E-state index contributed by atoms with van der Waals surface area (Å²) in [5.74, 6) is -0.474. The Morgan fingerprint density at radius 2 is 1.87 bits per heavy atom. The Labute approximate surface area is 83.2 Å². The van der Waals surface area contributed by atoms with Crippen molar-refractivity contribution in [3.8, 4) is 0 Å². The molecule has 3 N–H and O–H groups in total. The molecular formula is C6H7N5O4. The Kier molecular flexibility index (Phi) is 2.65. The van der Waals surface area contributed by atoms with Crippen LogP contribution in [0.25, 0.3) is 0 Å². The molecule has 0 fully saturated rings. The highest BCUT2D eigenvalue weighted by Gasteiger charge is 2.23. The van der Waals surface area contributed by atoms with E-state index in [-0.39, 0.29) is 11.6 Å². The van der Waals surface area contributed by atoms with Crippen molar-refractivity contribution in [1.82, 2.24) is 4.98 Å². The number of anilines is 2. The van der Waals surface area contributed by atoms with Gasteiger partial charge in [-0.15, -0.1) is 0 Å². The number of aromatic nitrogens is 1. The molecule has 1 aromatic heterocycles. The van der Waals surface area contributed by atoms with Crippen LogP contribution in [0.15, 0.2) is 6.07 Å². The first-order valence-corrected chi connectivity index (χ1v) is 3.74. The minimum Gasteiger partial charge on any atom is -0.378 e. The van der Waals surface area contributed by atoms with E-state index >= 15 is 0 Å². The van der Waals surface area contributed by atoms with Gasteiger partial charge in [0.25, 0.3) is 0 Å². The van der Waals surface area contributed by atoms with Crippen molar-refractivity contribution >= 4 is 23.0 Å². The molecule has 0 bridgehead atoms. The lowest BCUT2D eigenvalue weighted by Gasteiger charge is -2.02. The maximum absolute atomic E-state index is 10.5. The second-order valence-corrected chi connectivity index (χ2v) is 2.52. The van der Waals surface area contributed by atoms with E-state index in [0.717, 1.165) is 6.07 Å². The lowest BCUT2D eigenvalue weighted by molar-refractivity contribution is -0.393. The molecule has 0 radical (unpaired) electrons. The molecule has 0 spiro atoms. The van der Waals surface area contributed by atoms with E-state index in [1.54, 1.807) is 0 Å². The summed E-state index contributed by atoms with van der Waals surface area (Å²) < 4.78 is 0. The molecule has 9 heteroatoms. The minimum absolute atomic E-state index is 0.108. The van der Waals surface area contributed by atoms with Crippen LogP contribution in [0.2, 0.25) is 0 Å². The van der Waals surface area contributed by atoms with Gasteiger partial charge in [0.15, 0.2) is 0 Å². The minimum atomic E-state index is -0.825. The molecule has 0 saturated heterocycles. The third-order valence-corrected chi connectivity index (χ3v) is 1.64. The van der Waals surface area contributed by atoms with Crippen LogP contribution in [0.4, 0.5) is 23.0 Å². The number of nitrogens with zero attached hydrogens (tertiary/aromatic N) is 3. The summed E-state index contributed by atoms with van der Waals surface area (Å²) in [5.41, 5.74) is 4.18. The fourth-order valence-corrected chi connectivity index (χ4v) is 0.976. The zero-order valence-electron chi connectivity index (χ0n) is 7.63. The van der Waals surface area contributed by atoms with Crippen molar-refractivity contribution in [2.45, 2.75) is 0 Å². The molecule has 1 aromatic rings. The summed E-state index contributed by atoms with van der Waals surface area (Å²) in [6, 6.07) is 0.772. The molecule has 0 aliphatic carbocycles. The smallest absolute Gasteiger partial charge is 0.318 e. The summed E-state index contributed by atoms with van der Waals surface area (Å²) in [6.45, 7) is 0. The molecular weight excluding hydrogens is 206 g/mol. The van der Waals surface area contributed by atoms with E-state index in [0.29, 0.717) is 0 Å². The van der Waals surface area contributed by atoms with E-state index in [4.69, 9.17) is 5.73 Å². The predicted octanol–water partition coefficient (Wildman–Crippen LogP) is 0.522. The van der Waals surface area contributed by atoms with Gasteiger partial charge in [0.2, 0.25) is 11.6 Å². The maximum Gasteiger partial charge on any atom is 0.318 e. The lowest BCUT2D eigenvalue weighted by atomic mass is 10.3. The highest BCUT2D eigenvalue weighted by atomic mass is 16.6. The van der Waals surface area contributed by atoms with Gasteiger partial charge in [0.1, 0.15) is 6.07 Å². The second kappa shape index (κ2) is 3.74. The number of nitro groups is 2. The first-order valence-electron chi connectivity index (χ1n) is 3.74. The SMILES string of the molecule is CNc1nc(N)c([N+](=O)[O-])cc1[N+](=O)[O-]. The topological polar surface area (TPSA) is 137 Å². The van der Waals surface area contributed by atoms with Crippen molar-refractivity contribution in [2.75, 3.05) is 18.1 Å². The van der Waals surface area contributed by atoms with Crippen LogP contribution in [0.3, 0.4) is 0 Å². The van der Waals surface area contributed by atoms with E-state index in [1.807, 2.05) is 0 Å².